The van der Waals surface area contributed by atoms with Crippen molar-refractivity contribution < 1.29 is 0 Å². The van der Waals surface area contributed by atoms with E-state index in [1.807, 2.05) is 0 Å². The Labute approximate surface area is 141 Å². The molecule has 1 fully saturated rings. The minimum Gasteiger partial charge on any atom is -0.370 e. The molecule has 1 aromatic rings. The zero-order chi connectivity index (χ0) is 16.9. The van der Waals surface area contributed by atoms with Crippen molar-refractivity contribution >= 4 is 5.96 Å². The lowest BCUT2D eigenvalue weighted by atomic mass is 9.99. The average Bonchev–Trinajstić information content (AvgIpc) is 2.47. The lowest BCUT2D eigenvalue weighted by molar-refractivity contribution is 0.185. The van der Waals surface area contributed by atoms with Gasteiger partial charge in [-0.25, -0.2) is 4.99 Å². The molecule has 0 unspecified atom stereocenters. The summed E-state index contributed by atoms with van der Waals surface area (Å²) < 4.78 is 0. The Kier molecular flexibility index (Phi) is 6.05. The Bertz CT molecular complexity index is 505. The van der Waals surface area contributed by atoms with Gasteiger partial charge in [-0.2, -0.15) is 0 Å². The Morgan fingerprint density at radius 2 is 1.74 bits per heavy atom. The Balaban J connectivity index is 1.83. The number of likely N-dealkylation sites (tertiary alicyclic amines) is 1. The van der Waals surface area contributed by atoms with E-state index < -0.39 is 0 Å². The normalized spacial score (nSPS) is 18.2. The first-order valence-corrected chi connectivity index (χ1v) is 8.70. The lowest BCUT2D eigenvalue weighted by Gasteiger charge is -2.30. The molecule has 1 aliphatic rings. The number of aliphatic imine (C=N–C) groups is 1. The average molecular weight is 316 g/mol. The molecule has 128 valence electrons. The minimum absolute atomic E-state index is 0.0522. The van der Waals surface area contributed by atoms with E-state index >= 15 is 0 Å². The van der Waals surface area contributed by atoms with Crippen LogP contribution >= 0.6 is 0 Å². The summed E-state index contributed by atoms with van der Waals surface area (Å²) in [6.45, 7) is 12.7. The maximum atomic E-state index is 5.90. The van der Waals surface area contributed by atoms with Crippen LogP contribution in [0.2, 0.25) is 0 Å². The molecule has 1 aliphatic heterocycles. The third kappa shape index (κ3) is 6.61. The largest absolute Gasteiger partial charge is 0.370 e. The standard InChI is InChI=1S/C19H32N4/c1-15-9-11-23(12-10-15)14-17-7-5-16(6-8-17)13-21-18(20)22-19(2,3)4/h5-8,15H,9-14H2,1-4H3,(H3,20,21,22). The third-order valence-electron chi connectivity index (χ3n) is 4.24. The number of rotatable bonds is 4. The molecule has 0 bridgehead atoms. The fourth-order valence-electron chi connectivity index (χ4n) is 2.83. The van der Waals surface area contributed by atoms with Crippen molar-refractivity contribution in [3.8, 4) is 0 Å². The number of nitrogens with one attached hydrogen (secondary N) is 1. The second-order valence-electron chi connectivity index (χ2n) is 7.85. The molecule has 1 saturated heterocycles. The van der Waals surface area contributed by atoms with Crippen LogP contribution in [-0.4, -0.2) is 29.5 Å². The Morgan fingerprint density at radius 3 is 2.30 bits per heavy atom. The van der Waals surface area contributed by atoms with Gasteiger partial charge in [-0.3, -0.25) is 4.90 Å². The summed E-state index contributed by atoms with van der Waals surface area (Å²) in [5, 5.41) is 3.18. The van der Waals surface area contributed by atoms with Crippen molar-refractivity contribution in [1.29, 1.82) is 0 Å². The van der Waals surface area contributed by atoms with Crippen LogP contribution in [0.25, 0.3) is 0 Å². The van der Waals surface area contributed by atoms with Crippen LogP contribution in [0.4, 0.5) is 0 Å². The minimum atomic E-state index is -0.0522. The molecule has 0 radical (unpaired) electrons. The Morgan fingerprint density at radius 1 is 1.17 bits per heavy atom. The quantitative estimate of drug-likeness (QED) is 0.663. The van der Waals surface area contributed by atoms with E-state index in [2.05, 4.69) is 67.2 Å². The van der Waals surface area contributed by atoms with Gasteiger partial charge in [-0.15, -0.1) is 0 Å². The van der Waals surface area contributed by atoms with Gasteiger partial charge in [0.2, 0.25) is 0 Å². The SMILES string of the molecule is CC1CCN(Cc2ccc(CN=C(N)NC(C)(C)C)cc2)CC1. The molecular weight excluding hydrogens is 284 g/mol. The summed E-state index contributed by atoms with van der Waals surface area (Å²) in [6, 6.07) is 8.76. The Hall–Kier alpha value is -1.55. The van der Waals surface area contributed by atoms with Crippen LogP contribution in [-0.2, 0) is 13.1 Å². The molecule has 0 saturated carbocycles. The topological polar surface area (TPSA) is 53.6 Å². The van der Waals surface area contributed by atoms with Gasteiger partial charge in [0.15, 0.2) is 5.96 Å². The maximum absolute atomic E-state index is 5.90. The second-order valence-corrected chi connectivity index (χ2v) is 7.85. The van der Waals surface area contributed by atoms with Gasteiger partial charge in [-0.05, 0) is 63.7 Å². The number of hydrogen-bond donors (Lipinski definition) is 2. The molecule has 4 nitrogen and oxygen atoms in total. The first-order valence-electron chi connectivity index (χ1n) is 8.70. The van der Waals surface area contributed by atoms with Crippen LogP contribution in [0.5, 0.6) is 0 Å². The molecule has 23 heavy (non-hydrogen) atoms. The highest BCUT2D eigenvalue weighted by atomic mass is 15.1. The monoisotopic (exact) mass is 316 g/mol. The van der Waals surface area contributed by atoms with E-state index in [-0.39, 0.29) is 5.54 Å². The summed E-state index contributed by atoms with van der Waals surface area (Å²) in [6.07, 6.45) is 2.65. The highest BCUT2D eigenvalue weighted by Crippen LogP contribution is 2.18. The fraction of sp³-hybridized carbons (Fsp3) is 0.632. The van der Waals surface area contributed by atoms with E-state index in [1.165, 1.54) is 37.1 Å². The van der Waals surface area contributed by atoms with Crippen molar-refractivity contribution in [3.63, 3.8) is 0 Å². The molecule has 1 heterocycles. The third-order valence-corrected chi connectivity index (χ3v) is 4.24. The zero-order valence-corrected chi connectivity index (χ0v) is 15.1. The predicted octanol–water partition coefficient (Wildman–Crippen LogP) is 3.12. The van der Waals surface area contributed by atoms with Crippen molar-refractivity contribution in [3.05, 3.63) is 35.4 Å². The fourth-order valence-corrected chi connectivity index (χ4v) is 2.83. The number of benzene rings is 1. The number of nitrogens with zero attached hydrogens (tertiary/aromatic N) is 2. The number of guanidine groups is 1. The molecular formula is C19H32N4. The van der Waals surface area contributed by atoms with Crippen LogP contribution in [0.1, 0.15) is 51.7 Å². The van der Waals surface area contributed by atoms with Gasteiger partial charge in [0.25, 0.3) is 0 Å². The summed E-state index contributed by atoms with van der Waals surface area (Å²) in [5.41, 5.74) is 8.43. The van der Waals surface area contributed by atoms with Crippen molar-refractivity contribution in [2.75, 3.05) is 13.1 Å². The highest BCUT2D eigenvalue weighted by Gasteiger charge is 2.15. The lowest BCUT2D eigenvalue weighted by Crippen LogP contribution is -2.44. The van der Waals surface area contributed by atoms with Gasteiger partial charge >= 0.3 is 0 Å². The first-order chi connectivity index (χ1) is 10.8. The molecule has 4 heteroatoms. The van der Waals surface area contributed by atoms with Crippen LogP contribution in [0, 0.1) is 5.92 Å². The molecule has 0 aliphatic carbocycles. The number of piperidine rings is 1. The summed E-state index contributed by atoms with van der Waals surface area (Å²) in [7, 11) is 0. The number of hydrogen-bond acceptors (Lipinski definition) is 2. The molecule has 0 spiro atoms. The number of nitrogens with two attached hydrogens (primary N) is 1. The summed E-state index contributed by atoms with van der Waals surface area (Å²) in [4.78, 5) is 6.96. The summed E-state index contributed by atoms with van der Waals surface area (Å²) >= 11 is 0. The molecule has 1 aromatic carbocycles. The van der Waals surface area contributed by atoms with Gasteiger partial charge < -0.3 is 11.1 Å². The van der Waals surface area contributed by atoms with E-state index in [9.17, 15) is 0 Å². The molecule has 3 N–H and O–H groups in total. The van der Waals surface area contributed by atoms with Gasteiger partial charge in [0.05, 0.1) is 6.54 Å². The predicted molar refractivity (Wildman–Crippen MR) is 98.3 cm³/mol. The van der Waals surface area contributed by atoms with Crippen molar-refractivity contribution in [2.24, 2.45) is 16.6 Å². The van der Waals surface area contributed by atoms with Crippen molar-refractivity contribution in [1.82, 2.24) is 10.2 Å². The van der Waals surface area contributed by atoms with Crippen molar-refractivity contribution in [2.45, 2.75) is 59.2 Å². The van der Waals surface area contributed by atoms with Crippen LogP contribution in [0.3, 0.4) is 0 Å². The molecule has 0 aromatic heterocycles. The second kappa shape index (κ2) is 7.82. The van der Waals surface area contributed by atoms with Gasteiger partial charge in [-0.1, -0.05) is 31.2 Å². The van der Waals surface area contributed by atoms with E-state index in [4.69, 9.17) is 5.73 Å². The van der Waals surface area contributed by atoms with Crippen LogP contribution in [0.15, 0.2) is 29.3 Å². The van der Waals surface area contributed by atoms with E-state index in [0.717, 1.165) is 12.5 Å². The maximum Gasteiger partial charge on any atom is 0.189 e. The van der Waals surface area contributed by atoms with E-state index in [1.54, 1.807) is 0 Å². The highest BCUT2D eigenvalue weighted by molar-refractivity contribution is 5.78. The zero-order valence-electron chi connectivity index (χ0n) is 15.1. The van der Waals surface area contributed by atoms with Crippen LogP contribution < -0.4 is 11.1 Å². The molecule has 2 rings (SSSR count). The molecule has 0 atom stereocenters. The smallest absolute Gasteiger partial charge is 0.189 e. The van der Waals surface area contributed by atoms with Gasteiger partial charge in [0.1, 0.15) is 0 Å². The van der Waals surface area contributed by atoms with Gasteiger partial charge in [0, 0.05) is 12.1 Å². The summed E-state index contributed by atoms with van der Waals surface area (Å²) in [5.74, 6) is 1.39. The van der Waals surface area contributed by atoms with E-state index in [0.29, 0.717) is 12.5 Å². The molecule has 0 amide bonds. The first kappa shape index (κ1) is 17.8.